The molecule has 2 N–H and O–H groups in total. The van der Waals surface area contributed by atoms with Gasteiger partial charge in [-0.25, -0.2) is 4.98 Å². The monoisotopic (exact) mass is 414 g/mol. The molecule has 4 aromatic rings. The summed E-state index contributed by atoms with van der Waals surface area (Å²) in [5.74, 6) is 0.558. The van der Waals surface area contributed by atoms with Gasteiger partial charge in [-0.15, -0.1) is 0 Å². The first-order valence-electron chi connectivity index (χ1n) is 9.73. The van der Waals surface area contributed by atoms with Crippen molar-refractivity contribution in [3.63, 3.8) is 0 Å². The Morgan fingerprint density at radius 3 is 2.40 bits per heavy atom. The molecule has 4 rings (SSSR count). The topological polar surface area (TPSA) is 70.7 Å². The van der Waals surface area contributed by atoms with E-state index in [1.807, 2.05) is 49.4 Å². The summed E-state index contributed by atoms with van der Waals surface area (Å²) in [6.45, 7) is 2.00. The van der Waals surface area contributed by atoms with Crippen LogP contribution in [0.4, 0.5) is 0 Å². The second kappa shape index (κ2) is 9.41. The molecule has 0 aliphatic rings. The minimum Gasteiger partial charge on any atom is -0.346 e. The second-order valence-electron chi connectivity index (χ2n) is 6.92. The summed E-state index contributed by atoms with van der Waals surface area (Å²) in [4.78, 5) is 17.1. The molecule has 30 heavy (non-hydrogen) atoms. The fourth-order valence-corrected chi connectivity index (χ4v) is 4.01. The van der Waals surface area contributed by atoms with Gasteiger partial charge in [-0.05, 0) is 35.2 Å². The molecule has 1 heterocycles. The number of hydrogen-bond acceptors (Lipinski definition) is 4. The first-order valence-corrected chi connectivity index (χ1v) is 10.7. The first-order chi connectivity index (χ1) is 14.7. The number of aromatic amines is 1. The zero-order valence-corrected chi connectivity index (χ0v) is 17.4. The number of carbonyl (C=O) groups excluding carboxylic acids is 1. The predicted octanol–water partition coefficient (Wildman–Crippen LogP) is 5.26. The number of thioether (sulfide) groups is 1. The number of nitrogens with zero attached hydrogens (tertiary/aromatic N) is 2. The highest BCUT2D eigenvalue weighted by Gasteiger charge is 2.15. The molecule has 0 saturated carbocycles. The van der Waals surface area contributed by atoms with Gasteiger partial charge in [-0.1, -0.05) is 84.6 Å². The van der Waals surface area contributed by atoms with Crippen molar-refractivity contribution in [2.75, 3.05) is 0 Å². The normalized spacial score (nSPS) is 11.8. The van der Waals surface area contributed by atoms with Gasteiger partial charge in [0.05, 0.1) is 6.04 Å². The minimum absolute atomic E-state index is 0.0802. The van der Waals surface area contributed by atoms with Crippen molar-refractivity contribution in [2.45, 2.75) is 23.9 Å². The Balaban J connectivity index is 1.43. The van der Waals surface area contributed by atoms with E-state index < -0.39 is 0 Å². The molecule has 0 radical (unpaired) electrons. The van der Waals surface area contributed by atoms with Gasteiger partial charge < -0.3 is 5.32 Å². The van der Waals surface area contributed by atoms with E-state index in [1.54, 1.807) is 0 Å². The molecule has 3 aromatic carbocycles. The maximum atomic E-state index is 12.9. The van der Waals surface area contributed by atoms with E-state index in [-0.39, 0.29) is 11.9 Å². The number of nitrogens with one attached hydrogen (secondary N) is 2. The van der Waals surface area contributed by atoms with Crippen molar-refractivity contribution >= 4 is 17.7 Å². The SMILES string of the molecule is C[C@H](NC(=O)c1ccccc1CSc1ncn[nH]1)c1ccc(-c2ccccc2)cc1. The van der Waals surface area contributed by atoms with E-state index >= 15 is 0 Å². The van der Waals surface area contributed by atoms with Gasteiger partial charge in [0.1, 0.15) is 6.33 Å². The lowest BCUT2D eigenvalue weighted by Crippen LogP contribution is -2.27. The van der Waals surface area contributed by atoms with Gasteiger partial charge in [0.15, 0.2) is 5.16 Å². The number of aromatic nitrogens is 3. The fraction of sp³-hybridized carbons (Fsp3) is 0.125. The third-order valence-electron chi connectivity index (χ3n) is 4.88. The van der Waals surface area contributed by atoms with Crippen LogP contribution in [0.3, 0.4) is 0 Å². The standard InChI is InChI=1S/C24H22N4OS/c1-17(18-11-13-20(14-12-18)19-7-3-2-4-8-19)27-23(29)22-10-6-5-9-21(22)15-30-24-25-16-26-28-24/h2-14,16-17H,15H2,1H3,(H,27,29)(H,25,26,28)/t17-/m0/s1. The number of H-pyrrole nitrogens is 1. The van der Waals surface area contributed by atoms with E-state index in [9.17, 15) is 4.79 Å². The van der Waals surface area contributed by atoms with Crippen LogP contribution in [0.15, 0.2) is 90.3 Å². The average molecular weight is 415 g/mol. The Morgan fingerprint density at radius 2 is 1.67 bits per heavy atom. The molecule has 1 amide bonds. The molecule has 1 aromatic heterocycles. The summed E-state index contributed by atoms with van der Waals surface area (Å²) in [5.41, 5.74) is 5.04. The van der Waals surface area contributed by atoms with Crippen molar-refractivity contribution in [2.24, 2.45) is 0 Å². The molecule has 0 saturated heterocycles. The Kier molecular flexibility index (Phi) is 6.25. The van der Waals surface area contributed by atoms with Crippen LogP contribution in [-0.2, 0) is 5.75 Å². The third kappa shape index (κ3) is 4.78. The highest BCUT2D eigenvalue weighted by Crippen LogP contribution is 2.24. The van der Waals surface area contributed by atoms with E-state index in [0.29, 0.717) is 11.3 Å². The Labute approximate surface area is 180 Å². The largest absolute Gasteiger partial charge is 0.346 e. The lowest BCUT2D eigenvalue weighted by Gasteiger charge is -2.16. The van der Waals surface area contributed by atoms with Gasteiger partial charge in [-0.3, -0.25) is 9.89 Å². The predicted molar refractivity (Wildman–Crippen MR) is 120 cm³/mol. The van der Waals surface area contributed by atoms with Crippen molar-refractivity contribution in [3.8, 4) is 11.1 Å². The summed E-state index contributed by atoms with van der Waals surface area (Å²) >= 11 is 1.52. The average Bonchev–Trinajstić information content (AvgIpc) is 3.32. The second-order valence-corrected chi connectivity index (χ2v) is 7.88. The Morgan fingerprint density at radius 1 is 0.967 bits per heavy atom. The molecule has 6 heteroatoms. The van der Waals surface area contributed by atoms with Crippen molar-refractivity contribution < 1.29 is 4.79 Å². The van der Waals surface area contributed by atoms with Crippen LogP contribution in [0.25, 0.3) is 11.1 Å². The van der Waals surface area contributed by atoms with Crippen LogP contribution < -0.4 is 5.32 Å². The van der Waals surface area contributed by atoms with Gasteiger partial charge in [0.2, 0.25) is 0 Å². The molecule has 0 bridgehead atoms. The van der Waals surface area contributed by atoms with Gasteiger partial charge in [0, 0.05) is 11.3 Å². The van der Waals surface area contributed by atoms with Crippen molar-refractivity contribution in [3.05, 3.63) is 102 Å². The molecule has 0 fully saturated rings. The number of carbonyl (C=O) groups is 1. The van der Waals surface area contributed by atoms with Crippen molar-refractivity contribution in [1.82, 2.24) is 20.5 Å². The summed E-state index contributed by atoms with van der Waals surface area (Å²) in [6, 6.07) is 26.1. The van der Waals surface area contributed by atoms with Crippen LogP contribution >= 0.6 is 11.8 Å². The van der Waals surface area contributed by atoms with Crippen LogP contribution in [0.1, 0.15) is 34.5 Å². The molecule has 1 atom stereocenters. The Bertz CT molecular complexity index is 1100. The van der Waals surface area contributed by atoms with Crippen LogP contribution in [-0.4, -0.2) is 21.1 Å². The van der Waals surface area contributed by atoms with Crippen molar-refractivity contribution in [1.29, 1.82) is 0 Å². The maximum absolute atomic E-state index is 12.9. The molecule has 0 aliphatic carbocycles. The minimum atomic E-state index is -0.0997. The zero-order chi connectivity index (χ0) is 20.8. The number of hydrogen-bond donors (Lipinski definition) is 2. The molecule has 0 spiro atoms. The summed E-state index contributed by atoms with van der Waals surface area (Å²) in [7, 11) is 0. The number of rotatable bonds is 7. The number of benzene rings is 3. The van der Waals surface area contributed by atoms with Crippen LogP contribution in [0.2, 0.25) is 0 Å². The van der Waals surface area contributed by atoms with E-state index in [4.69, 9.17) is 0 Å². The molecule has 0 unspecified atom stereocenters. The quantitative estimate of drug-likeness (QED) is 0.405. The molecular formula is C24H22N4OS. The van der Waals surface area contributed by atoms with E-state index in [1.165, 1.54) is 23.7 Å². The summed E-state index contributed by atoms with van der Waals surface area (Å²) in [5, 5.41) is 10.5. The molecule has 150 valence electrons. The third-order valence-corrected chi connectivity index (χ3v) is 5.81. The van der Waals surface area contributed by atoms with E-state index in [0.717, 1.165) is 21.8 Å². The maximum Gasteiger partial charge on any atom is 0.252 e. The van der Waals surface area contributed by atoms with Crippen LogP contribution in [0, 0.1) is 0 Å². The van der Waals surface area contributed by atoms with Gasteiger partial charge in [-0.2, -0.15) is 5.10 Å². The highest BCUT2D eigenvalue weighted by atomic mass is 32.2. The zero-order valence-electron chi connectivity index (χ0n) is 16.6. The van der Waals surface area contributed by atoms with Gasteiger partial charge >= 0.3 is 0 Å². The highest BCUT2D eigenvalue weighted by molar-refractivity contribution is 7.98. The Hall–Kier alpha value is -3.38. The lowest BCUT2D eigenvalue weighted by molar-refractivity contribution is 0.0939. The summed E-state index contributed by atoms with van der Waals surface area (Å²) in [6.07, 6.45) is 1.48. The van der Waals surface area contributed by atoms with Crippen LogP contribution in [0.5, 0.6) is 0 Å². The molecule has 0 aliphatic heterocycles. The lowest BCUT2D eigenvalue weighted by atomic mass is 10.0. The fourth-order valence-electron chi connectivity index (χ4n) is 3.23. The first kappa shape index (κ1) is 19.9. The molecular weight excluding hydrogens is 392 g/mol. The van der Waals surface area contributed by atoms with E-state index in [2.05, 4.69) is 56.9 Å². The van der Waals surface area contributed by atoms with Gasteiger partial charge in [0.25, 0.3) is 5.91 Å². The molecule has 5 nitrogen and oxygen atoms in total. The smallest absolute Gasteiger partial charge is 0.252 e. The summed E-state index contributed by atoms with van der Waals surface area (Å²) < 4.78 is 0. The number of amides is 1.